The highest BCUT2D eigenvalue weighted by atomic mass is 35.5. The lowest BCUT2D eigenvalue weighted by Crippen LogP contribution is -2.51. The number of benzene rings is 1. The van der Waals surface area contributed by atoms with E-state index in [9.17, 15) is 13.2 Å². The van der Waals surface area contributed by atoms with E-state index in [1.807, 2.05) is 0 Å². The highest BCUT2D eigenvalue weighted by Gasteiger charge is 2.40. The monoisotopic (exact) mass is 372 g/mol. The van der Waals surface area contributed by atoms with E-state index >= 15 is 0 Å². The van der Waals surface area contributed by atoms with Crippen molar-refractivity contribution in [3.8, 4) is 0 Å². The molecular weight excluding hydrogens is 352 g/mol. The van der Waals surface area contributed by atoms with Gasteiger partial charge < -0.3 is 9.64 Å². The van der Waals surface area contributed by atoms with Crippen molar-refractivity contribution in [1.82, 2.24) is 9.21 Å². The Morgan fingerprint density at radius 3 is 2.62 bits per heavy atom. The summed E-state index contributed by atoms with van der Waals surface area (Å²) < 4.78 is 32.3. The lowest BCUT2D eigenvalue weighted by Gasteiger charge is -2.32. The summed E-state index contributed by atoms with van der Waals surface area (Å²) in [6.07, 6.45) is 1.26. The normalized spacial score (nSPS) is 22.7. The summed E-state index contributed by atoms with van der Waals surface area (Å²) in [7, 11) is -3.60. The number of sulfonamides is 1. The molecule has 2 heterocycles. The van der Waals surface area contributed by atoms with Gasteiger partial charge in [0.05, 0.1) is 19.0 Å². The molecule has 0 aliphatic carbocycles. The van der Waals surface area contributed by atoms with Gasteiger partial charge in [0.25, 0.3) is 0 Å². The first-order valence-corrected chi connectivity index (χ1v) is 10.1. The molecule has 0 spiro atoms. The van der Waals surface area contributed by atoms with Crippen molar-refractivity contribution in [2.24, 2.45) is 0 Å². The standard InChI is InChI=1S/C16H21ClN2O4S/c17-14-5-2-1-4-13(14)12-24(21,22)19-7-3-6-15(19)16(20)18-8-10-23-11-9-18/h1-2,4-5,15H,3,6-12H2/t15-/m0/s1. The Labute approximate surface area is 147 Å². The summed E-state index contributed by atoms with van der Waals surface area (Å²) >= 11 is 6.09. The molecule has 8 heteroatoms. The minimum atomic E-state index is -3.60. The highest BCUT2D eigenvalue weighted by Crippen LogP contribution is 2.27. The first kappa shape index (κ1) is 17.7. The fraction of sp³-hybridized carbons (Fsp3) is 0.562. The second kappa shape index (κ2) is 7.39. The molecule has 24 heavy (non-hydrogen) atoms. The van der Waals surface area contributed by atoms with E-state index in [4.69, 9.17) is 16.3 Å². The molecule has 1 amide bonds. The molecule has 0 radical (unpaired) electrons. The van der Waals surface area contributed by atoms with Crippen LogP contribution in [-0.2, 0) is 25.3 Å². The number of hydrogen-bond donors (Lipinski definition) is 0. The van der Waals surface area contributed by atoms with E-state index in [0.717, 1.165) is 0 Å². The Hall–Kier alpha value is -1.15. The Morgan fingerprint density at radius 2 is 1.92 bits per heavy atom. The van der Waals surface area contributed by atoms with Crippen molar-refractivity contribution < 1.29 is 17.9 Å². The van der Waals surface area contributed by atoms with Crippen molar-refractivity contribution >= 4 is 27.5 Å². The molecule has 2 fully saturated rings. The second-order valence-corrected chi connectivity index (χ2v) is 8.38. The predicted molar refractivity (Wildman–Crippen MR) is 91.2 cm³/mol. The van der Waals surface area contributed by atoms with Gasteiger partial charge in [-0.2, -0.15) is 4.31 Å². The van der Waals surface area contributed by atoms with Gasteiger partial charge in [-0.3, -0.25) is 4.79 Å². The molecular formula is C16H21ClN2O4S. The number of amides is 1. The van der Waals surface area contributed by atoms with Gasteiger partial charge in [0.2, 0.25) is 15.9 Å². The molecule has 132 valence electrons. The van der Waals surface area contributed by atoms with Gasteiger partial charge >= 0.3 is 0 Å². The summed E-state index contributed by atoms with van der Waals surface area (Å²) in [4.78, 5) is 14.4. The molecule has 6 nitrogen and oxygen atoms in total. The minimum absolute atomic E-state index is 0.112. The van der Waals surface area contributed by atoms with Crippen LogP contribution < -0.4 is 0 Å². The molecule has 0 N–H and O–H groups in total. The van der Waals surface area contributed by atoms with Gasteiger partial charge in [-0.1, -0.05) is 29.8 Å². The van der Waals surface area contributed by atoms with Crippen LogP contribution in [0.5, 0.6) is 0 Å². The molecule has 1 aromatic carbocycles. The maximum absolute atomic E-state index is 12.8. The van der Waals surface area contributed by atoms with Gasteiger partial charge in [0.1, 0.15) is 6.04 Å². The van der Waals surface area contributed by atoms with E-state index in [-0.39, 0.29) is 11.7 Å². The molecule has 2 aliphatic rings. The van der Waals surface area contributed by atoms with Crippen molar-refractivity contribution in [1.29, 1.82) is 0 Å². The molecule has 2 aliphatic heterocycles. The highest BCUT2D eigenvalue weighted by molar-refractivity contribution is 7.88. The van der Waals surface area contributed by atoms with E-state index in [0.29, 0.717) is 56.3 Å². The van der Waals surface area contributed by atoms with E-state index in [2.05, 4.69) is 0 Å². The van der Waals surface area contributed by atoms with Gasteiger partial charge in [0.15, 0.2) is 0 Å². The van der Waals surface area contributed by atoms with Gasteiger partial charge in [-0.25, -0.2) is 8.42 Å². The Balaban J connectivity index is 1.76. The number of morpholine rings is 1. The van der Waals surface area contributed by atoms with Gasteiger partial charge in [0, 0.05) is 24.7 Å². The van der Waals surface area contributed by atoms with Crippen LogP contribution in [0.15, 0.2) is 24.3 Å². The maximum Gasteiger partial charge on any atom is 0.241 e. The molecule has 2 saturated heterocycles. The Bertz CT molecular complexity index is 704. The van der Waals surface area contributed by atoms with Crippen molar-refractivity contribution in [2.45, 2.75) is 24.6 Å². The fourth-order valence-corrected chi connectivity index (χ4v) is 5.29. The molecule has 3 rings (SSSR count). The molecule has 1 aromatic rings. The largest absolute Gasteiger partial charge is 0.378 e. The molecule has 0 saturated carbocycles. The van der Waals surface area contributed by atoms with Gasteiger partial charge in [-0.15, -0.1) is 0 Å². The van der Waals surface area contributed by atoms with Crippen LogP contribution in [0.2, 0.25) is 5.02 Å². The molecule has 0 bridgehead atoms. The third kappa shape index (κ3) is 3.74. The van der Waals surface area contributed by atoms with E-state index < -0.39 is 16.1 Å². The number of nitrogens with zero attached hydrogens (tertiary/aromatic N) is 2. The summed E-state index contributed by atoms with van der Waals surface area (Å²) in [6.45, 7) is 2.44. The lowest BCUT2D eigenvalue weighted by molar-refractivity contribution is -0.138. The Morgan fingerprint density at radius 1 is 1.21 bits per heavy atom. The zero-order valence-corrected chi connectivity index (χ0v) is 14.9. The van der Waals surface area contributed by atoms with Crippen LogP contribution in [0.3, 0.4) is 0 Å². The molecule has 1 atom stereocenters. The van der Waals surface area contributed by atoms with Crippen LogP contribution in [0.25, 0.3) is 0 Å². The van der Waals surface area contributed by atoms with Crippen LogP contribution >= 0.6 is 11.6 Å². The zero-order valence-electron chi connectivity index (χ0n) is 13.4. The fourth-order valence-electron chi connectivity index (χ4n) is 3.21. The number of halogens is 1. The van der Waals surface area contributed by atoms with Crippen molar-refractivity contribution in [3.05, 3.63) is 34.9 Å². The second-order valence-electron chi connectivity index (χ2n) is 6.05. The first-order valence-electron chi connectivity index (χ1n) is 8.08. The average Bonchev–Trinajstić information content (AvgIpc) is 3.08. The SMILES string of the molecule is O=C([C@@H]1CCCN1S(=O)(=O)Cc1ccccc1Cl)N1CCOCC1. The average molecular weight is 373 g/mol. The smallest absolute Gasteiger partial charge is 0.241 e. The molecule has 0 aromatic heterocycles. The van der Waals surface area contributed by atoms with Crippen LogP contribution in [0.4, 0.5) is 0 Å². The first-order chi connectivity index (χ1) is 11.5. The Kier molecular flexibility index (Phi) is 5.44. The quantitative estimate of drug-likeness (QED) is 0.803. The minimum Gasteiger partial charge on any atom is -0.378 e. The number of rotatable bonds is 4. The van der Waals surface area contributed by atoms with Crippen LogP contribution in [0, 0.1) is 0 Å². The summed E-state index contributed by atoms with van der Waals surface area (Å²) in [5, 5.41) is 0.427. The number of carbonyl (C=O) groups is 1. The number of carbonyl (C=O) groups excluding carboxylic acids is 1. The van der Waals surface area contributed by atoms with E-state index in [1.165, 1.54) is 4.31 Å². The number of ether oxygens (including phenoxy) is 1. The topological polar surface area (TPSA) is 66.9 Å². The summed E-state index contributed by atoms with van der Waals surface area (Å²) in [5.74, 6) is -0.293. The van der Waals surface area contributed by atoms with Crippen molar-refractivity contribution in [3.63, 3.8) is 0 Å². The summed E-state index contributed by atoms with van der Waals surface area (Å²) in [6, 6.07) is 6.30. The zero-order chi connectivity index (χ0) is 17.2. The lowest BCUT2D eigenvalue weighted by atomic mass is 10.2. The van der Waals surface area contributed by atoms with Gasteiger partial charge in [-0.05, 0) is 24.5 Å². The number of hydrogen-bond acceptors (Lipinski definition) is 4. The summed E-state index contributed by atoms with van der Waals surface area (Å²) in [5.41, 5.74) is 0.559. The van der Waals surface area contributed by atoms with E-state index in [1.54, 1.807) is 29.2 Å². The van der Waals surface area contributed by atoms with Crippen molar-refractivity contribution in [2.75, 3.05) is 32.8 Å². The maximum atomic E-state index is 12.8. The van der Waals surface area contributed by atoms with Crippen LogP contribution in [0.1, 0.15) is 18.4 Å². The molecule has 0 unspecified atom stereocenters. The third-order valence-corrected chi connectivity index (χ3v) is 6.66. The predicted octanol–water partition coefficient (Wildman–Crippen LogP) is 1.49. The third-order valence-electron chi connectivity index (χ3n) is 4.46. The van der Waals surface area contributed by atoms with Crippen LogP contribution in [-0.4, -0.2) is 62.4 Å².